The van der Waals surface area contributed by atoms with Crippen LogP contribution in [-0.2, 0) is 9.53 Å². The van der Waals surface area contributed by atoms with E-state index in [1.165, 1.54) is 11.3 Å². The van der Waals surface area contributed by atoms with Gasteiger partial charge in [0.05, 0.1) is 12.0 Å². The Labute approximate surface area is 115 Å². The zero-order valence-electron chi connectivity index (χ0n) is 11.9. The summed E-state index contributed by atoms with van der Waals surface area (Å²) in [5.74, 6) is 0. The third-order valence-corrected chi connectivity index (χ3v) is 3.89. The molecule has 104 valence electrons. The summed E-state index contributed by atoms with van der Waals surface area (Å²) in [5.41, 5.74) is 2.10. The lowest BCUT2D eigenvalue weighted by molar-refractivity contribution is -0.122. The van der Waals surface area contributed by atoms with E-state index in [-0.39, 0.29) is 5.41 Å². The first-order valence-electron chi connectivity index (χ1n) is 7.05. The van der Waals surface area contributed by atoms with E-state index in [9.17, 15) is 4.79 Å². The lowest BCUT2D eigenvalue weighted by Gasteiger charge is -2.37. The summed E-state index contributed by atoms with van der Waals surface area (Å²) in [5, 5.41) is 0. The van der Waals surface area contributed by atoms with Crippen molar-refractivity contribution in [2.45, 2.75) is 26.7 Å². The molecular weight excluding hydrogens is 238 g/mol. The molecule has 0 bridgehead atoms. The Hall–Kier alpha value is -1.35. The van der Waals surface area contributed by atoms with Crippen LogP contribution in [0.25, 0.3) is 0 Å². The molecule has 1 heterocycles. The molecule has 0 aromatic heterocycles. The van der Waals surface area contributed by atoms with Crippen LogP contribution in [0.15, 0.2) is 24.3 Å². The molecule has 1 aliphatic rings. The normalized spacial score (nSPS) is 23.1. The fraction of sp³-hybridized carbons (Fsp3) is 0.562. The van der Waals surface area contributed by atoms with Crippen molar-refractivity contribution >= 4 is 12.0 Å². The topological polar surface area (TPSA) is 29.5 Å². The predicted molar refractivity (Wildman–Crippen MR) is 77.6 cm³/mol. The van der Waals surface area contributed by atoms with E-state index in [4.69, 9.17) is 4.74 Å². The van der Waals surface area contributed by atoms with Crippen LogP contribution in [0.5, 0.6) is 0 Å². The number of rotatable bonds is 5. The van der Waals surface area contributed by atoms with Crippen molar-refractivity contribution in [2.75, 3.05) is 31.2 Å². The van der Waals surface area contributed by atoms with Gasteiger partial charge < -0.3 is 14.4 Å². The van der Waals surface area contributed by atoms with E-state index in [0.717, 1.165) is 38.8 Å². The van der Waals surface area contributed by atoms with E-state index in [1.54, 1.807) is 0 Å². The summed E-state index contributed by atoms with van der Waals surface area (Å²) >= 11 is 0. The van der Waals surface area contributed by atoms with Crippen molar-refractivity contribution in [1.29, 1.82) is 0 Å². The first-order chi connectivity index (χ1) is 9.19. The Kier molecular flexibility index (Phi) is 4.59. The largest absolute Gasteiger partial charge is 0.380 e. The van der Waals surface area contributed by atoms with Crippen LogP contribution in [0.1, 0.15) is 25.3 Å². The monoisotopic (exact) mass is 261 g/mol. The summed E-state index contributed by atoms with van der Waals surface area (Å²) in [4.78, 5) is 13.8. The molecule has 0 spiro atoms. The fourth-order valence-electron chi connectivity index (χ4n) is 2.65. The number of hydrogen-bond donors (Lipinski definition) is 0. The maximum Gasteiger partial charge on any atom is 0.130 e. The van der Waals surface area contributed by atoms with Crippen molar-refractivity contribution in [3.05, 3.63) is 29.8 Å². The number of nitrogens with zero attached hydrogens (tertiary/aromatic N) is 1. The molecule has 3 heteroatoms. The van der Waals surface area contributed by atoms with Gasteiger partial charge in [0.15, 0.2) is 0 Å². The smallest absolute Gasteiger partial charge is 0.130 e. The van der Waals surface area contributed by atoms with Crippen LogP contribution >= 0.6 is 0 Å². The first-order valence-corrected chi connectivity index (χ1v) is 7.05. The second kappa shape index (κ2) is 6.20. The molecule has 19 heavy (non-hydrogen) atoms. The van der Waals surface area contributed by atoms with Crippen molar-refractivity contribution in [3.8, 4) is 0 Å². The highest BCUT2D eigenvalue weighted by Gasteiger charge is 2.34. The highest BCUT2D eigenvalue weighted by Crippen LogP contribution is 2.29. The number of carbonyl (C=O) groups is 1. The lowest BCUT2D eigenvalue weighted by Crippen LogP contribution is -2.44. The molecule has 1 atom stereocenters. The average molecular weight is 261 g/mol. The predicted octanol–water partition coefficient (Wildman–Crippen LogP) is 2.82. The van der Waals surface area contributed by atoms with Crippen LogP contribution in [0.3, 0.4) is 0 Å². The van der Waals surface area contributed by atoms with Gasteiger partial charge in [-0.25, -0.2) is 0 Å². The number of benzene rings is 1. The molecule has 3 nitrogen and oxygen atoms in total. The molecule has 2 rings (SSSR count). The van der Waals surface area contributed by atoms with E-state index in [1.807, 2.05) is 0 Å². The van der Waals surface area contributed by atoms with Gasteiger partial charge in [-0.15, -0.1) is 0 Å². The summed E-state index contributed by atoms with van der Waals surface area (Å²) < 4.78 is 5.52. The minimum absolute atomic E-state index is 0.334. The quantitative estimate of drug-likeness (QED) is 0.763. The minimum atomic E-state index is -0.334. The van der Waals surface area contributed by atoms with Crippen molar-refractivity contribution in [3.63, 3.8) is 0 Å². The molecule has 1 fully saturated rings. The van der Waals surface area contributed by atoms with E-state index in [0.29, 0.717) is 6.61 Å². The number of hydrogen-bond acceptors (Lipinski definition) is 3. The molecule has 1 aliphatic heterocycles. The Balaban J connectivity index is 2.13. The first kappa shape index (κ1) is 14.1. The maximum atomic E-state index is 11.5. The SMILES string of the molecule is CCN(CC1(C=O)CCCOC1)c1ccc(C)cc1. The van der Waals surface area contributed by atoms with Gasteiger partial charge in [0.25, 0.3) is 0 Å². The number of anilines is 1. The van der Waals surface area contributed by atoms with E-state index < -0.39 is 0 Å². The number of aldehydes is 1. The summed E-state index contributed by atoms with van der Waals surface area (Å²) in [7, 11) is 0. The molecule has 0 radical (unpaired) electrons. The van der Waals surface area contributed by atoms with Gasteiger partial charge in [-0.05, 0) is 38.8 Å². The molecule has 1 saturated heterocycles. The van der Waals surface area contributed by atoms with E-state index >= 15 is 0 Å². The zero-order valence-corrected chi connectivity index (χ0v) is 11.9. The van der Waals surface area contributed by atoms with Gasteiger partial charge in [0.2, 0.25) is 0 Å². The van der Waals surface area contributed by atoms with Gasteiger partial charge >= 0.3 is 0 Å². The summed E-state index contributed by atoms with van der Waals surface area (Å²) in [6.45, 7) is 7.20. The number of ether oxygens (including phenoxy) is 1. The molecule has 1 unspecified atom stereocenters. The van der Waals surface area contributed by atoms with Gasteiger partial charge in [-0.2, -0.15) is 0 Å². The highest BCUT2D eigenvalue weighted by molar-refractivity contribution is 5.62. The Morgan fingerprint density at radius 3 is 2.63 bits per heavy atom. The van der Waals surface area contributed by atoms with Crippen LogP contribution < -0.4 is 4.90 Å². The molecule has 0 saturated carbocycles. The van der Waals surface area contributed by atoms with Gasteiger partial charge in [0.1, 0.15) is 6.29 Å². The standard InChI is InChI=1S/C16H23NO2/c1-3-17(15-7-5-14(2)6-8-15)11-16(12-18)9-4-10-19-13-16/h5-8,12H,3-4,9-11,13H2,1-2H3. The average Bonchev–Trinajstić information content (AvgIpc) is 2.47. The van der Waals surface area contributed by atoms with Crippen LogP contribution in [-0.4, -0.2) is 32.6 Å². The highest BCUT2D eigenvalue weighted by atomic mass is 16.5. The molecular formula is C16H23NO2. The van der Waals surface area contributed by atoms with E-state index in [2.05, 4.69) is 43.0 Å². The summed E-state index contributed by atoms with van der Waals surface area (Å²) in [6, 6.07) is 8.48. The lowest BCUT2D eigenvalue weighted by atomic mass is 9.83. The fourth-order valence-corrected chi connectivity index (χ4v) is 2.65. The van der Waals surface area contributed by atoms with Crippen molar-refractivity contribution < 1.29 is 9.53 Å². The molecule has 1 aromatic carbocycles. The van der Waals surface area contributed by atoms with Gasteiger partial charge in [0, 0.05) is 25.4 Å². The van der Waals surface area contributed by atoms with Crippen molar-refractivity contribution in [2.24, 2.45) is 5.41 Å². The van der Waals surface area contributed by atoms with Crippen LogP contribution in [0, 0.1) is 12.3 Å². The van der Waals surface area contributed by atoms with Crippen molar-refractivity contribution in [1.82, 2.24) is 0 Å². The Morgan fingerprint density at radius 2 is 2.11 bits per heavy atom. The van der Waals surface area contributed by atoms with Crippen LogP contribution in [0.2, 0.25) is 0 Å². The Bertz CT molecular complexity index is 407. The summed E-state index contributed by atoms with van der Waals surface area (Å²) in [6.07, 6.45) is 3.01. The zero-order chi connectivity index (χ0) is 13.7. The third-order valence-electron chi connectivity index (χ3n) is 3.89. The molecule has 0 amide bonds. The molecule has 1 aromatic rings. The van der Waals surface area contributed by atoms with Gasteiger partial charge in [-0.1, -0.05) is 17.7 Å². The number of aryl methyl sites for hydroxylation is 1. The minimum Gasteiger partial charge on any atom is -0.380 e. The molecule has 0 aliphatic carbocycles. The van der Waals surface area contributed by atoms with Crippen LogP contribution in [0.4, 0.5) is 5.69 Å². The molecule has 0 N–H and O–H groups in total. The maximum absolute atomic E-state index is 11.5. The van der Waals surface area contributed by atoms with Gasteiger partial charge in [-0.3, -0.25) is 0 Å². The second-order valence-corrected chi connectivity index (χ2v) is 5.49. The number of carbonyl (C=O) groups excluding carboxylic acids is 1. The second-order valence-electron chi connectivity index (χ2n) is 5.49. The third kappa shape index (κ3) is 3.35. The Morgan fingerprint density at radius 1 is 1.37 bits per heavy atom.